The van der Waals surface area contributed by atoms with Gasteiger partial charge in [-0.3, -0.25) is 9.59 Å². The lowest BCUT2D eigenvalue weighted by Gasteiger charge is -2.33. The van der Waals surface area contributed by atoms with Crippen molar-refractivity contribution in [3.05, 3.63) is 69.8 Å². The molecule has 1 aliphatic rings. The van der Waals surface area contributed by atoms with Crippen molar-refractivity contribution >= 4 is 18.0 Å². The summed E-state index contributed by atoms with van der Waals surface area (Å²) >= 11 is 0. The molecule has 3 rings (SSSR count). The Hall–Kier alpha value is -3.59. The molecule has 2 aromatic rings. The molecular weight excluding hydrogens is 430 g/mol. The van der Waals surface area contributed by atoms with E-state index in [2.05, 4.69) is 21.0 Å². The summed E-state index contributed by atoms with van der Waals surface area (Å²) in [4.78, 5) is 28.4. The zero-order chi connectivity index (χ0) is 24.9. The lowest BCUT2D eigenvalue weighted by Crippen LogP contribution is -2.35. The molecule has 0 unspecified atom stereocenters. The minimum Gasteiger partial charge on any atom is -0.345 e. The molecule has 0 radical (unpaired) electrons. The van der Waals surface area contributed by atoms with Gasteiger partial charge >= 0.3 is 0 Å². The highest BCUT2D eigenvalue weighted by molar-refractivity contribution is 5.95. The first-order chi connectivity index (χ1) is 16.2. The lowest BCUT2D eigenvalue weighted by molar-refractivity contribution is 0.0820. The number of nitrogens with one attached hydrogen (secondary N) is 1. The van der Waals surface area contributed by atoms with Crippen LogP contribution in [0.5, 0.6) is 0 Å². The number of hydrazone groups is 1. The third-order valence-electron chi connectivity index (χ3n) is 6.17. The van der Waals surface area contributed by atoms with E-state index in [1.54, 1.807) is 45.0 Å². The van der Waals surface area contributed by atoms with Gasteiger partial charge in [0.1, 0.15) is 0 Å². The molecule has 0 spiro atoms. The van der Waals surface area contributed by atoms with Gasteiger partial charge in [0.25, 0.3) is 11.8 Å². The first-order valence-electron chi connectivity index (χ1n) is 11.2. The van der Waals surface area contributed by atoms with Crippen molar-refractivity contribution in [1.82, 2.24) is 15.3 Å². The molecule has 2 aromatic carbocycles. The maximum atomic E-state index is 12.7. The van der Waals surface area contributed by atoms with Gasteiger partial charge in [0.2, 0.25) is 0 Å². The first kappa shape index (κ1) is 25.0. The van der Waals surface area contributed by atoms with Crippen LogP contribution in [0.4, 0.5) is 0 Å². The molecule has 0 saturated carbocycles. The summed E-state index contributed by atoms with van der Waals surface area (Å²) in [6.07, 6.45) is 3.85. The van der Waals surface area contributed by atoms with Gasteiger partial charge in [-0.2, -0.15) is 15.8 Å². The summed E-state index contributed by atoms with van der Waals surface area (Å²) in [5.74, 6) is -0.0990. The van der Waals surface area contributed by atoms with E-state index in [1.807, 2.05) is 42.6 Å². The Morgan fingerprint density at radius 2 is 1.47 bits per heavy atom. The Labute approximate surface area is 200 Å². The number of carbonyl (C=O) groups excluding carboxylic acids is 2. The van der Waals surface area contributed by atoms with Crippen molar-refractivity contribution in [3.8, 4) is 0 Å². The Kier molecular flexibility index (Phi) is 7.78. The smallest absolute Gasteiger partial charge is 0.253 e. The van der Waals surface area contributed by atoms with Crippen molar-refractivity contribution < 1.29 is 9.59 Å². The van der Waals surface area contributed by atoms with Gasteiger partial charge < -0.3 is 15.5 Å². The molecule has 9 nitrogen and oxygen atoms in total. The summed E-state index contributed by atoms with van der Waals surface area (Å²) in [6, 6.07) is 11.6. The summed E-state index contributed by atoms with van der Waals surface area (Å²) in [7, 11) is 8.53. The third kappa shape index (κ3) is 4.84. The predicted molar refractivity (Wildman–Crippen MR) is 133 cm³/mol. The highest BCUT2D eigenvalue weighted by Crippen LogP contribution is 2.41. The van der Waals surface area contributed by atoms with Crippen LogP contribution >= 0.6 is 0 Å². The van der Waals surface area contributed by atoms with Crippen molar-refractivity contribution in [2.75, 3.05) is 41.8 Å². The van der Waals surface area contributed by atoms with Crippen LogP contribution < -0.4 is 11.3 Å². The predicted octanol–water partition coefficient (Wildman–Crippen LogP) is 2.40. The van der Waals surface area contributed by atoms with Gasteiger partial charge in [0.05, 0.1) is 12.5 Å². The van der Waals surface area contributed by atoms with Crippen LogP contribution in [0.3, 0.4) is 0 Å². The monoisotopic (exact) mass is 463 g/mol. The van der Waals surface area contributed by atoms with E-state index in [0.29, 0.717) is 24.1 Å². The number of benzene rings is 2. The first-order valence-corrected chi connectivity index (χ1v) is 11.2. The zero-order valence-corrected chi connectivity index (χ0v) is 20.5. The summed E-state index contributed by atoms with van der Waals surface area (Å²) in [5.41, 5.74) is 13.5. The summed E-state index contributed by atoms with van der Waals surface area (Å²) < 4.78 is 0. The standard InChI is InChI=1S/C25H33N7O2/c1-27-29-30-28-16-25(12-13-26)21-10-8-19(23(33)31(2)3)14-17(21)6-7-18-15-20(9-11-22(18)25)24(34)32(4)5/h8-11,14-16H,6-7,12-13,26H2,1-5H3,(H,27,30)/b28-16+. The minimum absolute atomic E-state index is 0.0495. The Morgan fingerprint density at radius 1 is 0.971 bits per heavy atom. The van der Waals surface area contributed by atoms with Crippen LogP contribution in [0.15, 0.2) is 51.8 Å². The Bertz CT molecular complexity index is 1050. The van der Waals surface area contributed by atoms with Gasteiger partial charge in [-0.1, -0.05) is 17.4 Å². The summed E-state index contributed by atoms with van der Waals surface area (Å²) in [6.45, 7) is 0.414. The maximum absolute atomic E-state index is 12.7. The fourth-order valence-electron chi connectivity index (χ4n) is 4.58. The molecular formula is C25H33N7O2. The van der Waals surface area contributed by atoms with E-state index in [4.69, 9.17) is 5.73 Å². The highest BCUT2D eigenvalue weighted by atomic mass is 16.2. The van der Waals surface area contributed by atoms with Crippen LogP contribution in [0.25, 0.3) is 0 Å². The summed E-state index contributed by atoms with van der Waals surface area (Å²) in [5, 5.41) is 11.8. The van der Waals surface area contributed by atoms with Gasteiger partial charge in [-0.05, 0) is 72.3 Å². The number of aryl methyl sites for hydroxylation is 2. The molecule has 0 fully saturated rings. The Morgan fingerprint density at radius 3 is 1.88 bits per heavy atom. The van der Waals surface area contributed by atoms with Gasteiger partial charge in [-0.25, -0.2) is 0 Å². The fraction of sp³-hybridized carbons (Fsp3) is 0.400. The molecule has 9 heteroatoms. The second-order valence-corrected chi connectivity index (χ2v) is 8.81. The van der Waals surface area contributed by atoms with E-state index >= 15 is 0 Å². The molecule has 0 atom stereocenters. The zero-order valence-electron chi connectivity index (χ0n) is 20.5. The molecule has 1 aliphatic carbocycles. The van der Waals surface area contributed by atoms with Crippen LogP contribution in [-0.2, 0) is 18.3 Å². The number of fused-ring (bicyclic) bond motifs is 2. The molecule has 0 aliphatic heterocycles. The fourth-order valence-corrected chi connectivity index (χ4v) is 4.58. The number of amides is 2. The molecule has 2 amide bonds. The van der Waals surface area contributed by atoms with E-state index in [0.717, 1.165) is 35.1 Å². The molecule has 0 bridgehead atoms. The average molecular weight is 464 g/mol. The molecule has 34 heavy (non-hydrogen) atoms. The van der Waals surface area contributed by atoms with Crippen LogP contribution in [0.1, 0.15) is 49.4 Å². The second-order valence-electron chi connectivity index (χ2n) is 8.81. The number of carbonyl (C=O) groups is 2. The van der Waals surface area contributed by atoms with Gasteiger partial charge in [0.15, 0.2) is 0 Å². The molecule has 180 valence electrons. The quantitative estimate of drug-likeness (QED) is 0.373. The number of rotatable bonds is 7. The number of nitrogens with two attached hydrogens (primary N) is 1. The van der Waals surface area contributed by atoms with Crippen molar-refractivity contribution in [1.29, 1.82) is 0 Å². The molecule has 3 N–H and O–H groups in total. The highest BCUT2D eigenvalue weighted by Gasteiger charge is 2.38. The van der Waals surface area contributed by atoms with E-state index in [9.17, 15) is 9.59 Å². The number of hydrogen-bond acceptors (Lipinski definition) is 6. The topological polar surface area (TPSA) is 116 Å². The number of hydrogen-bond donors (Lipinski definition) is 2. The second kappa shape index (κ2) is 10.6. The number of nitrogens with zero attached hydrogens (tertiary/aromatic N) is 5. The van der Waals surface area contributed by atoms with E-state index in [-0.39, 0.29) is 11.8 Å². The van der Waals surface area contributed by atoms with Gasteiger partial charge in [-0.15, -0.1) is 0 Å². The SMILES string of the molecule is CN=NN/N=C/C1(CCN)c2ccc(C(=O)N(C)C)cc2CCc2cc(C(=O)N(C)C)ccc21. The van der Waals surface area contributed by atoms with Crippen LogP contribution in [0.2, 0.25) is 0 Å². The minimum atomic E-state index is -0.661. The molecule has 0 aromatic heterocycles. The largest absolute Gasteiger partial charge is 0.345 e. The molecule has 0 heterocycles. The van der Waals surface area contributed by atoms with E-state index < -0.39 is 5.41 Å². The lowest BCUT2D eigenvalue weighted by atomic mass is 9.70. The van der Waals surface area contributed by atoms with Gasteiger partial charge in [0, 0.05) is 45.5 Å². The van der Waals surface area contributed by atoms with Crippen molar-refractivity contribution in [3.63, 3.8) is 0 Å². The Balaban J connectivity index is 2.25. The van der Waals surface area contributed by atoms with Crippen molar-refractivity contribution in [2.24, 2.45) is 21.2 Å². The maximum Gasteiger partial charge on any atom is 0.253 e. The average Bonchev–Trinajstić information content (AvgIpc) is 2.95. The normalized spacial score (nSPS) is 14.4. The third-order valence-corrected chi connectivity index (χ3v) is 6.17. The van der Waals surface area contributed by atoms with Crippen LogP contribution in [0, 0.1) is 0 Å². The van der Waals surface area contributed by atoms with Crippen molar-refractivity contribution in [2.45, 2.75) is 24.7 Å². The van der Waals surface area contributed by atoms with E-state index in [1.165, 1.54) is 0 Å². The molecule has 0 saturated heterocycles. The van der Waals surface area contributed by atoms with Crippen LogP contribution in [-0.4, -0.2) is 69.6 Å².